The Bertz CT molecular complexity index is 580. The van der Waals surface area contributed by atoms with Crippen LogP contribution in [-0.2, 0) is 0 Å². The number of rotatable bonds is 3. The van der Waals surface area contributed by atoms with E-state index in [1.165, 1.54) is 31.5 Å². The van der Waals surface area contributed by atoms with Crippen molar-refractivity contribution in [1.82, 2.24) is 4.98 Å². The Kier molecular flexibility index (Phi) is 3.70. The predicted molar refractivity (Wildman–Crippen MR) is 65.1 cm³/mol. The number of hydrogen-bond donors (Lipinski definition) is 1. The van der Waals surface area contributed by atoms with Crippen molar-refractivity contribution in [3.8, 4) is 5.88 Å². The van der Waals surface area contributed by atoms with Gasteiger partial charge in [-0.2, -0.15) is 0 Å². The second-order valence-corrected chi connectivity index (χ2v) is 3.64. The van der Waals surface area contributed by atoms with Gasteiger partial charge in [-0.3, -0.25) is 4.79 Å². The molecule has 0 radical (unpaired) electrons. The highest BCUT2D eigenvalue weighted by Gasteiger charge is 2.13. The van der Waals surface area contributed by atoms with Gasteiger partial charge >= 0.3 is 0 Å². The Labute approximate surface area is 108 Å². The van der Waals surface area contributed by atoms with Gasteiger partial charge in [-0.05, 0) is 18.2 Å². The maximum Gasteiger partial charge on any atom is 0.257 e. The highest BCUT2D eigenvalue weighted by Crippen LogP contribution is 2.19. The van der Waals surface area contributed by atoms with Gasteiger partial charge in [-0.25, -0.2) is 13.8 Å². The molecule has 2 rings (SSSR count). The van der Waals surface area contributed by atoms with Crippen LogP contribution in [0.25, 0.3) is 0 Å². The number of amides is 1. The molecule has 1 aromatic carbocycles. The molecule has 4 nitrogen and oxygen atoms in total. The van der Waals surface area contributed by atoms with E-state index < -0.39 is 23.2 Å². The fraction of sp³-hybridized carbons (Fsp3) is 0.0769. The lowest BCUT2D eigenvalue weighted by Gasteiger charge is -2.07. The Balaban J connectivity index is 2.20. The molecule has 0 saturated heterocycles. The molecule has 6 heteroatoms. The Hall–Kier alpha value is -2.50. The van der Waals surface area contributed by atoms with E-state index in [4.69, 9.17) is 4.74 Å². The van der Waals surface area contributed by atoms with Gasteiger partial charge in [0.05, 0.1) is 12.7 Å². The summed E-state index contributed by atoms with van der Waals surface area (Å²) < 4.78 is 31.6. The van der Waals surface area contributed by atoms with Gasteiger partial charge in [0.25, 0.3) is 5.91 Å². The Morgan fingerprint density at radius 1 is 1.21 bits per heavy atom. The smallest absolute Gasteiger partial charge is 0.257 e. The van der Waals surface area contributed by atoms with Crippen molar-refractivity contribution in [1.29, 1.82) is 0 Å². The Morgan fingerprint density at radius 3 is 2.42 bits per heavy atom. The van der Waals surface area contributed by atoms with E-state index in [2.05, 4.69) is 10.3 Å². The van der Waals surface area contributed by atoms with E-state index in [0.717, 1.165) is 12.1 Å². The zero-order valence-electron chi connectivity index (χ0n) is 9.98. The topological polar surface area (TPSA) is 51.2 Å². The van der Waals surface area contributed by atoms with E-state index >= 15 is 0 Å². The lowest BCUT2D eigenvalue weighted by molar-refractivity contribution is 0.102. The van der Waals surface area contributed by atoms with Gasteiger partial charge in [-0.1, -0.05) is 6.07 Å². The largest absolute Gasteiger partial charge is 0.481 e. The fourth-order valence-electron chi connectivity index (χ4n) is 1.44. The summed E-state index contributed by atoms with van der Waals surface area (Å²) >= 11 is 0. The number of nitrogens with one attached hydrogen (secondary N) is 1. The maximum atomic E-state index is 13.4. The normalized spacial score (nSPS) is 10.1. The molecular formula is C13H10F2N2O2. The van der Waals surface area contributed by atoms with Crippen LogP contribution in [0, 0.1) is 11.6 Å². The highest BCUT2D eigenvalue weighted by molar-refractivity contribution is 6.04. The first-order valence-corrected chi connectivity index (χ1v) is 5.37. The number of nitrogens with zero attached hydrogens (tertiary/aromatic N) is 1. The van der Waals surface area contributed by atoms with Crippen molar-refractivity contribution >= 4 is 11.6 Å². The van der Waals surface area contributed by atoms with E-state index in [-0.39, 0.29) is 5.56 Å². The number of halogens is 2. The van der Waals surface area contributed by atoms with E-state index in [9.17, 15) is 13.6 Å². The molecule has 0 aliphatic heterocycles. The summed E-state index contributed by atoms with van der Waals surface area (Å²) in [6, 6.07) is 6.26. The third kappa shape index (κ3) is 2.85. The van der Waals surface area contributed by atoms with Crippen molar-refractivity contribution in [2.75, 3.05) is 12.4 Å². The summed E-state index contributed by atoms with van der Waals surface area (Å²) in [6.45, 7) is 0. The molecule has 0 unspecified atom stereocenters. The molecule has 0 spiro atoms. The molecule has 19 heavy (non-hydrogen) atoms. The van der Waals surface area contributed by atoms with Gasteiger partial charge in [-0.15, -0.1) is 0 Å². The molecule has 0 bridgehead atoms. The van der Waals surface area contributed by atoms with Crippen LogP contribution in [0.15, 0.2) is 36.5 Å². The highest BCUT2D eigenvalue weighted by atomic mass is 19.1. The number of carbonyl (C=O) groups is 1. The van der Waals surface area contributed by atoms with Gasteiger partial charge < -0.3 is 10.1 Å². The standard InChI is InChI=1S/C13H10F2N2O2/c1-19-11-6-5-8(7-16-11)13(18)17-12-9(14)3-2-4-10(12)15/h2-7H,1H3,(H,17,18). The van der Waals surface area contributed by atoms with Gasteiger partial charge in [0.2, 0.25) is 5.88 Å². The van der Waals surface area contributed by atoms with Crippen LogP contribution < -0.4 is 10.1 Å². The average molecular weight is 264 g/mol. The van der Waals surface area contributed by atoms with Crippen molar-refractivity contribution in [3.63, 3.8) is 0 Å². The summed E-state index contributed by atoms with van der Waals surface area (Å²) in [6.07, 6.45) is 1.26. The van der Waals surface area contributed by atoms with Crippen LogP contribution in [0.4, 0.5) is 14.5 Å². The number of anilines is 1. The van der Waals surface area contributed by atoms with E-state index in [1.54, 1.807) is 0 Å². The number of pyridine rings is 1. The molecular weight excluding hydrogens is 254 g/mol. The number of hydrogen-bond acceptors (Lipinski definition) is 3. The minimum atomic E-state index is -0.838. The van der Waals surface area contributed by atoms with Crippen LogP contribution in [-0.4, -0.2) is 18.0 Å². The molecule has 1 N–H and O–H groups in total. The quantitative estimate of drug-likeness (QED) is 0.927. The minimum absolute atomic E-state index is 0.170. The SMILES string of the molecule is COc1ccc(C(=O)Nc2c(F)cccc2F)cn1. The average Bonchev–Trinajstić information content (AvgIpc) is 2.43. The number of methoxy groups -OCH3 is 1. The lowest BCUT2D eigenvalue weighted by atomic mass is 10.2. The lowest BCUT2D eigenvalue weighted by Crippen LogP contribution is -2.14. The zero-order chi connectivity index (χ0) is 13.8. The molecule has 0 saturated carbocycles. The van der Waals surface area contributed by atoms with Crippen molar-refractivity contribution in [2.45, 2.75) is 0 Å². The molecule has 2 aromatic rings. The molecule has 1 heterocycles. The molecule has 0 atom stereocenters. The van der Waals surface area contributed by atoms with Crippen LogP contribution in [0.5, 0.6) is 5.88 Å². The number of carbonyl (C=O) groups excluding carboxylic acids is 1. The number of aromatic nitrogens is 1. The first-order chi connectivity index (χ1) is 9.11. The van der Waals surface area contributed by atoms with Gasteiger partial charge in [0.1, 0.15) is 17.3 Å². The summed E-state index contributed by atoms with van der Waals surface area (Å²) in [4.78, 5) is 15.6. The number of benzene rings is 1. The monoisotopic (exact) mass is 264 g/mol. The first kappa shape index (κ1) is 12.9. The van der Waals surface area contributed by atoms with Gasteiger partial charge in [0.15, 0.2) is 0 Å². The third-order valence-corrected chi connectivity index (χ3v) is 2.41. The summed E-state index contributed by atoms with van der Waals surface area (Å²) in [5.74, 6) is -1.99. The molecule has 0 aliphatic carbocycles. The molecule has 98 valence electrons. The molecule has 1 amide bonds. The summed E-state index contributed by atoms with van der Waals surface area (Å²) in [5, 5.41) is 2.16. The van der Waals surface area contributed by atoms with Crippen LogP contribution in [0.3, 0.4) is 0 Å². The predicted octanol–water partition coefficient (Wildman–Crippen LogP) is 2.62. The fourth-order valence-corrected chi connectivity index (χ4v) is 1.44. The van der Waals surface area contributed by atoms with E-state index in [1.807, 2.05) is 0 Å². The van der Waals surface area contributed by atoms with Crippen molar-refractivity contribution in [2.24, 2.45) is 0 Å². The number of para-hydroxylation sites is 1. The van der Waals surface area contributed by atoms with Crippen LogP contribution in [0.2, 0.25) is 0 Å². The van der Waals surface area contributed by atoms with Crippen molar-refractivity contribution < 1.29 is 18.3 Å². The van der Waals surface area contributed by atoms with Crippen molar-refractivity contribution in [3.05, 3.63) is 53.7 Å². The summed E-state index contributed by atoms with van der Waals surface area (Å²) in [5.41, 5.74) is -0.313. The van der Waals surface area contributed by atoms with Crippen LogP contribution >= 0.6 is 0 Å². The summed E-state index contributed by atoms with van der Waals surface area (Å²) in [7, 11) is 1.44. The zero-order valence-corrected chi connectivity index (χ0v) is 9.98. The van der Waals surface area contributed by atoms with E-state index in [0.29, 0.717) is 5.88 Å². The second-order valence-electron chi connectivity index (χ2n) is 3.64. The molecule has 1 aromatic heterocycles. The first-order valence-electron chi connectivity index (χ1n) is 5.37. The third-order valence-electron chi connectivity index (χ3n) is 2.41. The maximum absolute atomic E-state index is 13.4. The molecule has 0 aliphatic rings. The van der Waals surface area contributed by atoms with Crippen LogP contribution in [0.1, 0.15) is 10.4 Å². The number of ether oxygens (including phenoxy) is 1. The Morgan fingerprint density at radius 2 is 1.89 bits per heavy atom. The second kappa shape index (κ2) is 5.43. The minimum Gasteiger partial charge on any atom is -0.481 e. The van der Waals surface area contributed by atoms with Gasteiger partial charge in [0, 0.05) is 12.3 Å². The molecule has 0 fully saturated rings.